The first kappa shape index (κ1) is 21.0. The molecule has 0 unspecified atom stereocenters. The van der Waals surface area contributed by atoms with Crippen LogP contribution in [0.4, 0.5) is 5.82 Å². The highest BCUT2D eigenvalue weighted by molar-refractivity contribution is 6.28. The van der Waals surface area contributed by atoms with Crippen LogP contribution in [0.15, 0.2) is 53.8 Å². The summed E-state index contributed by atoms with van der Waals surface area (Å²) in [5.74, 6) is 1.53. The Morgan fingerprint density at radius 1 is 1.03 bits per heavy atom. The Morgan fingerprint density at radius 3 is 2.44 bits per heavy atom. The van der Waals surface area contributed by atoms with Crippen LogP contribution in [-0.2, 0) is 13.1 Å². The van der Waals surface area contributed by atoms with Crippen LogP contribution in [-0.4, -0.2) is 51.4 Å². The van der Waals surface area contributed by atoms with Crippen LogP contribution in [0.3, 0.4) is 0 Å². The summed E-state index contributed by atoms with van der Waals surface area (Å²) in [7, 11) is 1.66. The fourth-order valence-electron chi connectivity index (χ4n) is 4.11. The van der Waals surface area contributed by atoms with Crippen molar-refractivity contribution >= 4 is 28.5 Å². The minimum atomic E-state index is 0.214. The monoisotopic (exact) mass is 450 g/mol. The minimum Gasteiger partial charge on any atom is -0.497 e. The molecule has 0 radical (unpaired) electrons. The molecule has 1 aliphatic heterocycles. The summed E-state index contributed by atoms with van der Waals surface area (Å²) in [6, 6.07) is 7.93. The second kappa shape index (κ2) is 9.30. The lowest BCUT2D eigenvalue weighted by atomic mass is 9.97. The average Bonchev–Trinajstić information content (AvgIpc) is 3.18. The van der Waals surface area contributed by atoms with Gasteiger partial charge in [-0.2, -0.15) is 15.1 Å². The molecule has 5 rings (SSSR count). The number of rotatable bonds is 8. The number of nitrogens with zero attached hydrogens (tertiary/aromatic N) is 5. The number of nitrogens with one attached hydrogen (secondary N) is 1. The molecule has 1 aliphatic carbocycles. The Labute approximate surface area is 192 Å². The van der Waals surface area contributed by atoms with Crippen molar-refractivity contribution in [3.8, 4) is 5.75 Å². The summed E-state index contributed by atoms with van der Waals surface area (Å²) in [4.78, 5) is 11.4. The number of anilines is 1. The number of ether oxygens (including phenoxy) is 1. The second-order valence-electron chi connectivity index (χ2n) is 8.36. The lowest BCUT2D eigenvalue weighted by Gasteiger charge is -2.32. The van der Waals surface area contributed by atoms with Crippen LogP contribution in [0, 0.1) is 0 Å². The number of benzene rings is 1. The molecule has 0 bridgehead atoms. The standard InChI is InChI=1S/C24H27ClN6O/c1-32-20-9-7-17(8-10-20)13-26-22-21-14-27-31(23(21)29-24(25)28-22)16-19-5-3-18(4-6-19)15-30-11-2-12-30/h3,5,7-10,14H,2,4,6,11-13,15-16H2,1H3,(H,26,28,29). The molecule has 1 fully saturated rings. The van der Waals surface area contributed by atoms with Crippen molar-refractivity contribution in [1.29, 1.82) is 0 Å². The molecular weight excluding hydrogens is 424 g/mol. The van der Waals surface area contributed by atoms with E-state index >= 15 is 0 Å². The highest BCUT2D eigenvalue weighted by Crippen LogP contribution is 2.26. The molecule has 3 heterocycles. The molecule has 1 N–H and O–H groups in total. The third-order valence-corrected chi connectivity index (χ3v) is 6.31. The van der Waals surface area contributed by atoms with Gasteiger partial charge in [0.25, 0.3) is 0 Å². The van der Waals surface area contributed by atoms with Gasteiger partial charge in [0.1, 0.15) is 11.6 Å². The van der Waals surface area contributed by atoms with Crippen LogP contribution >= 0.6 is 11.6 Å². The lowest BCUT2D eigenvalue weighted by Crippen LogP contribution is -2.38. The zero-order valence-electron chi connectivity index (χ0n) is 18.2. The van der Waals surface area contributed by atoms with Crippen LogP contribution in [0.1, 0.15) is 24.8 Å². The predicted molar refractivity (Wildman–Crippen MR) is 127 cm³/mol. The van der Waals surface area contributed by atoms with Gasteiger partial charge in [0.15, 0.2) is 5.65 Å². The molecule has 7 nitrogen and oxygen atoms in total. The van der Waals surface area contributed by atoms with E-state index in [1.807, 2.05) is 35.1 Å². The Balaban J connectivity index is 1.30. The van der Waals surface area contributed by atoms with Gasteiger partial charge in [0, 0.05) is 13.1 Å². The summed E-state index contributed by atoms with van der Waals surface area (Å²) in [6.45, 7) is 4.92. The third-order valence-electron chi connectivity index (χ3n) is 6.14. The maximum absolute atomic E-state index is 6.25. The molecule has 3 aromatic rings. The molecule has 0 spiro atoms. The molecule has 0 saturated carbocycles. The summed E-state index contributed by atoms with van der Waals surface area (Å²) in [5, 5.41) is 9.05. The Hall–Kier alpha value is -2.90. The number of hydrogen-bond acceptors (Lipinski definition) is 6. The smallest absolute Gasteiger partial charge is 0.226 e. The third kappa shape index (κ3) is 4.64. The van der Waals surface area contributed by atoms with Crippen molar-refractivity contribution < 1.29 is 4.74 Å². The molecule has 1 aromatic carbocycles. The molecule has 166 valence electrons. The highest BCUT2D eigenvalue weighted by Gasteiger charge is 2.18. The summed E-state index contributed by atoms with van der Waals surface area (Å²) in [6.07, 6.45) is 9.86. The van der Waals surface area contributed by atoms with E-state index in [1.165, 1.54) is 30.7 Å². The Kier molecular flexibility index (Phi) is 6.10. The van der Waals surface area contributed by atoms with Crippen LogP contribution in [0.2, 0.25) is 5.28 Å². The molecule has 0 atom stereocenters. The van der Waals surface area contributed by atoms with Gasteiger partial charge in [-0.05, 0) is 67.2 Å². The van der Waals surface area contributed by atoms with Crippen molar-refractivity contribution in [2.45, 2.75) is 32.4 Å². The maximum Gasteiger partial charge on any atom is 0.226 e. The normalized spacial score (nSPS) is 16.4. The van der Waals surface area contributed by atoms with Gasteiger partial charge in [-0.1, -0.05) is 29.9 Å². The Bertz CT molecular complexity index is 1160. The Morgan fingerprint density at radius 2 is 1.78 bits per heavy atom. The second-order valence-corrected chi connectivity index (χ2v) is 8.70. The summed E-state index contributed by atoms with van der Waals surface area (Å²) >= 11 is 6.25. The van der Waals surface area contributed by atoms with E-state index in [0.717, 1.165) is 41.7 Å². The first-order valence-electron chi connectivity index (χ1n) is 11.0. The highest BCUT2D eigenvalue weighted by atomic mass is 35.5. The van der Waals surface area contributed by atoms with Gasteiger partial charge in [0.2, 0.25) is 5.28 Å². The molecule has 0 amide bonds. The number of aromatic nitrogens is 4. The number of fused-ring (bicyclic) bond motifs is 1. The summed E-state index contributed by atoms with van der Waals surface area (Å²) in [5.41, 5.74) is 4.74. The molecule has 32 heavy (non-hydrogen) atoms. The van der Waals surface area contributed by atoms with Crippen molar-refractivity contribution in [2.75, 3.05) is 32.1 Å². The molecular formula is C24H27ClN6O. The first-order chi connectivity index (χ1) is 15.7. The van der Waals surface area contributed by atoms with E-state index in [-0.39, 0.29) is 5.28 Å². The topological polar surface area (TPSA) is 68.1 Å². The SMILES string of the molecule is COc1ccc(CNc2nc(Cl)nc3c2cnn3CC2=CC=C(CN3CCC3)CC2)cc1. The quantitative estimate of drug-likeness (QED) is 0.511. The van der Waals surface area contributed by atoms with Gasteiger partial charge < -0.3 is 10.1 Å². The van der Waals surface area contributed by atoms with Crippen molar-refractivity contribution in [3.05, 3.63) is 64.6 Å². The van der Waals surface area contributed by atoms with E-state index in [9.17, 15) is 0 Å². The van der Waals surface area contributed by atoms with Crippen LogP contribution in [0.25, 0.3) is 11.0 Å². The predicted octanol–water partition coefficient (Wildman–Crippen LogP) is 4.45. The van der Waals surface area contributed by atoms with E-state index in [0.29, 0.717) is 18.9 Å². The van der Waals surface area contributed by atoms with E-state index in [1.54, 1.807) is 7.11 Å². The number of methoxy groups -OCH3 is 1. The van der Waals surface area contributed by atoms with Gasteiger partial charge in [-0.25, -0.2) is 4.68 Å². The van der Waals surface area contributed by atoms with Crippen molar-refractivity contribution in [2.24, 2.45) is 0 Å². The first-order valence-corrected chi connectivity index (χ1v) is 11.4. The van der Waals surface area contributed by atoms with Crippen molar-refractivity contribution in [1.82, 2.24) is 24.6 Å². The maximum atomic E-state index is 6.25. The van der Waals surface area contributed by atoms with E-state index in [4.69, 9.17) is 16.3 Å². The summed E-state index contributed by atoms with van der Waals surface area (Å²) < 4.78 is 7.14. The van der Waals surface area contributed by atoms with Crippen LogP contribution < -0.4 is 10.1 Å². The molecule has 1 saturated heterocycles. The van der Waals surface area contributed by atoms with Gasteiger partial charge >= 0.3 is 0 Å². The van der Waals surface area contributed by atoms with Gasteiger partial charge in [-0.15, -0.1) is 0 Å². The minimum absolute atomic E-state index is 0.214. The number of allylic oxidation sites excluding steroid dienone is 3. The van der Waals surface area contributed by atoms with E-state index in [2.05, 4.69) is 37.4 Å². The van der Waals surface area contributed by atoms with Gasteiger partial charge in [0.05, 0.1) is 25.2 Å². The lowest BCUT2D eigenvalue weighted by molar-refractivity contribution is 0.196. The number of hydrogen-bond donors (Lipinski definition) is 1. The molecule has 8 heteroatoms. The fourth-order valence-corrected chi connectivity index (χ4v) is 4.28. The average molecular weight is 451 g/mol. The van der Waals surface area contributed by atoms with Gasteiger partial charge in [-0.3, -0.25) is 4.90 Å². The largest absolute Gasteiger partial charge is 0.497 e. The zero-order valence-corrected chi connectivity index (χ0v) is 19.0. The fraction of sp³-hybridized carbons (Fsp3) is 0.375. The van der Waals surface area contributed by atoms with Crippen LogP contribution in [0.5, 0.6) is 5.75 Å². The van der Waals surface area contributed by atoms with Crippen molar-refractivity contribution in [3.63, 3.8) is 0 Å². The zero-order chi connectivity index (χ0) is 21.9. The molecule has 2 aromatic heterocycles. The van der Waals surface area contributed by atoms with E-state index < -0.39 is 0 Å². The number of likely N-dealkylation sites (tertiary alicyclic amines) is 1. The molecule has 2 aliphatic rings. The number of halogens is 1.